The Hall–Kier alpha value is -0.880. The first-order chi connectivity index (χ1) is 12.9. The Morgan fingerprint density at radius 2 is 1.37 bits per heavy atom. The molecule has 0 aromatic carbocycles. The van der Waals surface area contributed by atoms with Gasteiger partial charge >= 0.3 is 16.1 Å². The lowest BCUT2D eigenvalue weighted by Gasteiger charge is -2.09. The van der Waals surface area contributed by atoms with Crippen LogP contribution in [0.25, 0.3) is 0 Å². The van der Waals surface area contributed by atoms with Crippen LogP contribution >= 0.6 is 0 Å². The van der Waals surface area contributed by atoms with Crippen LogP contribution in [0.1, 0.15) is 104 Å². The first kappa shape index (κ1) is 26.1. The van der Waals surface area contributed by atoms with E-state index in [1.54, 1.807) is 0 Å². The number of aliphatic hydroxyl groups is 1. The van der Waals surface area contributed by atoms with Gasteiger partial charge in [-0.25, -0.2) is 0 Å². The second-order valence-corrected chi connectivity index (χ2v) is 9.23. The molecule has 160 valence electrons. The van der Waals surface area contributed by atoms with Crippen molar-refractivity contribution in [2.24, 2.45) is 0 Å². The molecule has 27 heavy (non-hydrogen) atoms. The molecule has 1 unspecified atom stereocenters. The Morgan fingerprint density at radius 3 is 1.89 bits per heavy atom. The highest BCUT2D eigenvalue weighted by Crippen LogP contribution is 2.11. The summed E-state index contributed by atoms with van der Waals surface area (Å²) in [5.74, 6) is -0.729. The minimum Gasteiger partial charge on any atom is -0.395 e. The summed E-state index contributed by atoms with van der Waals surface area (Å²) in [6, 6.07) is 0. The van der Waals surface area contributed by atoms with Crippen molar-refractivity contribution in [2.75, 3.05) is 6.61 Å². The van der Waals surface area contributed by atoms with Crippen molar-refractivity contribution < 1.29 is 22.5 Å². The summed E-state index contributed by atoms with van der Waals surface area (Å²) in [7, 11) is -3.99. The van der Waals surface area contributed by atoms with Crippen molar-refractivity contribution in [3.8, 4) is 0 Å². The molecule has 0 rings (SSSR count). The number of aliphatic hydroxyl groups excluding tert-OH is 1. The van der Waals surface area contributed by atoms with Gasteiger partial charge in [0, 0.05) is 6.42 Å². The molecule has 0 aromatic heterocycles. The number of unbranched alkanes of at least 4 members (excludes halogenated alkanes) is 11. The maximum atomic E-state index is 11.5. The molecule has 0 saturated carbocycles. The molecule has 0 amide bonds. The molecule has 1 N–H and O–H groups in total. The van der Waals surface area contributed by atoms with E-state index in [1.807, 2.05) is 0 Å². The lowest BCUT2D eigenvalue weighted by molar-refractivity contribution is -0.134. The van der Waals surface area contributed by atoms with Crippen LogP contribution in [0.3, 0.4) is 0 Å². The van der Waals surface area contributed by atoms with Gasteiger partial charge < -0.3 is 9.29 Å². The molecule has 0 heterocycles. The van der Waals surface area contributed by atoms with E-state index in [2.05, 4.69) is 23.3 Å². The minimum atomic E-state index is -3.99. The zero-order chi connectivity index (χ0) is 20.4. The topological polar surface area (TPSA) is 80.7 Å². The minimum absolute atomic E-state index is 0.107. The van der Waals surface area contributed by atoms with Crippen LogP contribution in [-0.2, 0) is 19.1 Å². The van der Waals surface area contributed by atoms with E-state index in [9.17, 15) is 13.2 Å². The molecule has 0 aliphatic carbocycles. The number of carbonyl (C=O) groups excluding carboxylic acids is 1. The maximum Gasteiger partial charge on any atom is 0.322 e. The van der Waals surface area contributed by atoms with Crippen LogP contribution in [0.15, 0.2) is 12.2 Å². The molecule has 1 atom stereocenters. The zero-order valence-electron chi connectivity index (χ0n) is 17.3. The van der Waals surface area contributed by atoms with Gasteiger partial charge in [-0.2, -0.15) is 8.42 Å². The van der Waals surface area contributed by atoms with Crippen molar-refractivity contribution in [1.82, 2.24) is 0 Å². The predicted molar refractivity (Wildman–Crippen MR) is 111 cm³/mol. The van der Waals surface area contributed by atoms with Gasteiger partial charge in [0.25, 0.3) is 0 Å². The van der Waals surface area contributed by atoms with Gasteiger partial charge in [0.1, 0.15) is 5.25 Å². The number of allylic oxidation sites excluding steroid dienone is 2. The van der Waals surface area contributed by atoms with E-state index in [4.69, 9.17) is 5.11 Å². The molecule has 0 spiro atoms. The molecule has 5 nitrogen and oxygen atoms in total. The fourth-order valence-corrected chi connectivity index (χ4v) is 3.37. The van der Waals surface area contributed by atoms with Gasteiger partial charge in [0.15, 0.2) is 0 Å². The van der Waals surface area contributed by atoms with Crippen LogP contribution < -0.4 is 0 Å². The molecule has 0 aliphatic rings. The monoisotopic (exact) mass is 404 g/mol. The second-order valence-electron chi connectivity index (χ2n) is 7.28. The highest BCUT2D eigenvalue weighted by molar-refractivity contribution is 7.87. The summed E-state index contributed by atoms with van der Waals surface area (Å²) in [6.07, 6.45) is 19.8. The standard InChI is InChI=1S/C21H40O5S/c1-3-4-5-6-7-8-9-10-11-12-13-14-15-16-17-18-21(23)26-27(24,25)20(2)19-22/h10-11,20,22H,3-9,12-19H2,1-2H3/b11-10-. The van der Waals surface area contributed by atoms with Gasteiger partial charge in [-0.1, -0.05) is 70.4 Å². The van der Waals surface area contributed by atoms with Crippen LogP contribution in [0, 0.1) is 0 Å². The first-order valence-electron chi connectivity index (χ1n) is 10.7. The molecule has 0 aromatic rings. The van der Waals surface area contributed by atoms with E-state index >= 15 is 0 Å². The van der Waals surface area contributed by atoms with Crippen molar-refractivity contribution in [2.45, 2.75) is 109 Å². The van der Waals surface area contributed by atoms with Crippen molar-refractivity contribution in [1.29, 1.82) is 0 Å². The summed E-state index contributed by atoms with van der Waals surface area (Å²) in [5, 5.41) is 7.75. The van der Waals surface area contributed by atoms with E-state index in [1.165, 1.54) is 51.9 Å². The molecule has 0 aliphatic heterocycles. The molecule has 6 heteroatoms. The molecule has 0 radical (unpaired) electrons. The summed E-state index contributed by atoms with van der Waals surface area (Å²) in [6.45, 7) is 3.00. The molecule has 0 saturated heterocycles. The number of hydrogen-bond acceptors (Lipinski definition) is 5. The summed E-state index contributed by atoms with van der Waals surface area (Å²) >= 11 is 0. The summed E-state index contributed by atoms with van der Waals surface area (Å²) in [4.78, 5) is 11.5. The Labute approximate surface area is 166 Å². The van der Waals surface area contributed by atoms with E-state index < -0.39 is 27.9 Å². The number of carbonyl (C=O) groups is 1. The van der Waals surface area contributed by atoms with E-state index in [0.29, 0.717) is 6.42 Å². The Kier molecular flexibility index (Phi) is 16.7. The molecular weight excluding hydrogens is 364 g/mol. The lowest BCUT2D eigenvalue weighted by Crippen LogP contribution is -2.26. The quantitative estimate of drug-likeness (QED) is 0.191. The fourth-order valence-electron chi connectivity index (χ4n) is 2.68. The lowest BCUT2D eigenvalue weighted by atomic mass is 10.1. The van der Waals surface area contributed by atoms with E-state index in [0.717, 1.165) is 32.1 Å². The third-order valence-corrected chi connectivity index (χ3v) is 6.15. The average molecular weight is 405 g/mol. The number of rotatable bonds is 18. The third kappa shape index (κ3) is 15.8. The van der Waals surface area contributed by atoms with Gasteiger partial charge in [0.2, 0.25) is 0 Å². The third-order valence-electron chi connectivity index (χ3n) is 4.60. The normalized spacial score (nSPS) is 13.1. The number of hydrogen-bond donors (Lipinski definition) is 1. The van der Waals surface area contributed by atoms with Crippen molar-refractivity contribution in [3.05, 3.63) is 12.2 Å². The molecule has 0 bridgehead atoms. The molecular formula is C21H40O5S. The SMILES string of the molecule is CCCCCCCC/C=C\CCCCCCCC(=O)OS(=O)(=O)C(C)CO. The first-order valence-corrected chi connectivity index (χ1v) is 12.1. The fraction of sp³-hybridized carbons (Fsp3) is 0.857. The van der Waals surface area contributed by atoms with Crippen LogP contribution in [0.4, 0.5) is 0 Å². The van der Waals surface area contributed by atoms with Gasteiger partial charge in [-0.05, 0) is 39.0 Å². The van der Waals surface area contributed by atoms with Crippen LogP contribution in [0.5, 0.6) is 0 Å². The van der Waals surface area contributed by atoms with E-state index in [-0.39, 0.29) is 6.42 Å². The summed E-state index contributed by atoms with van der Waals surface area (Å²) in [5.41, 5.74) is 0. The Bertz CT molecular complexity index is 485. The van der Waals surface area contributed by atoms with Gasteiger partial charge in [-0.15, -0.1) is 0 Å². The van der Waals surface area contributed by atoms with Crippen molar-refractivity contribution >= 4 is 16.1 Å². The van der Waals surface area contributed by atoms with Crippen LogP contribution in [-0.4, -0.2) is 31.4 Å². The molecule has 0 fully saturated rings. The van der Waals surface area contributed by atoms with Crippen LogP contribution in [0.2, 0.25) is 0 Å². The Balaban J connectivity index is 3.47. The average Bonchev–Trinajstić information content (AvgIpc) is 2.63. The highest BCUT2D eigenvalue weighted by atomic mass is 32.2. The van der Waals surface area contributed by atoms with Gasteiger partial charge in [-0.3, -0.25) is 4.79 Å². The summed E-state index contributed by atoms with van der Waals surface area (Å²) < 4.78 is 27.5. The van der Waals surface area contributed by atoms with Crippen molar-refractivity contribution in [3.63, 3.8) is 0 Å². The largest absolute Gasteiger partial charge is 0.395 e. The smallest absolute Gasteiger partial charge is 0.322 e. The Morgan fingerprint density at radius 1 is 0.889 bits per heavy atom. The predicted octanol–water partition coefficient (Wildman–Crippen LogP) is 5.28. The zero-order valence-corrected chi connectivity index (χ0v) is 18.1. The van der Waals surface area contributed by atoms with Gasteiger partial charge in [0.05, 0.1) is 6.61 Å². The second kappa shape index (κ2) is 17.2. The maximum absolute atomic E-state index is 11.5. The highest BCUT2D eigenvalue weighted by Gasteiger charge is 2.24.